The van der Waals surface area contributed by atoms with Gasteiger partial charge in [0.25, 0.3) is 0 Å². The third-order valence-electron chi connectivity index (χ3n) is 6.01. The van der Waals surface area contributed by atoms with E-state index in [4.69, 9.17) is 21.6 Å². The van der Waals surface area contributed by atoms with Crippen molar-refractivity contribution in [3.05, 3.63) is 51.9 Å². The molecule has 1 N–H and O–H groups in total. The maximum Gasteiger partial charge on any atom is 0.219 e. The number of amides is 1. The summed E-state index contributed by atoms with van der Waals surface area (Å²) in [5, 5.41) is 4.06. The lowest BCUT2D eigenvalue weighted by molar-refractivity contribution is -0.129. The van der Waals surface area contributed by atoms with Crippen LogP contribution in [0.25, 0.3) is 0 Å². The molecule has 4 rings (SSSR count). The first kappa shape index (κ1) is 20.1. The Morgan fingerprint density at radius 1 is 1.24 bits per heavy atom. The number of nitrogens with zero attached hydrogens (tertiary/aromatic N) is 4. The molecule has 2 aliphatic rings. The zero-order valence-electron chi connectivity index (χ0n) is 17.1. The number of carbonyl (C=O) groups excluding carboxylic acids is 1. The SMILES string of the molecule is CNc1nc(C2CCCCN2Cc2ccccc2Cl)nc2c1CCN(C(C)=O)C2. The molecule has 3 heterocycles. The van der Waals surface area contributed by atoms with Gasteiger partial charge in [0.15, 0.2) is 0 Å². The summed E-state index contributed by atoms with van der Waals surface area (Å²) in [4.78, 5) is 26.1. The average molecular weight is 414 g/mol. The zero-order valence-corrected chi connectivity index (χ0v) is 17.9. The molecule has 2 aromatic rings. The Balaban J connectivity index is 1.65. The molecule has 1 atom stereocenters. The van der Waals surface area contributed by atoms with Crippen LogP contribution < -0.4 is 5.32 Å². The van der Waals surface area contributed by atoms with Gasteiger partial charge in [-0.05, 0) is 37.4 Å². The zero-order chi connectivity index (χ0) is 20.4. The summed E-state index contributed by atoms with van der Waals surface area (Å²) < 4.78 is 0. The molecular formula is C22H28ClN5O. The predicted octanol–water partition coefficient (Wildman–Crippen LogP) is 3.80. The minimum absolute atomic E-state index is 0.0971. The van der Waals surface area contributed by atoms with Gasteiger partial charge < -0.3 is 10.2 Å². The number of halogens is 1. The van der Waals surface area contributed by atoms with Crippen LogP contribution in [0, 0.1) is 0 Å². The quantitative estimate of drug-likeness (QED) is 0.825. The number of fused-ring (bicyclic) bond motifs is 1. The number of benzene rings is 1. The van der Waals surface area contributed by atoms with Gasteiger partial charge in [-0.25, -0.2) is 9.97 Å². The Labute approximate surface area is 177 Å². The number of aromatic nitrogens is 2. The van der Waals surface area contributed by atoms with E-state index in [0.29, 0.717) is 6.54 Å². The van der Waals surface area contributed by atoms with E-state index in [1.165, 1.54) is 12.8 Å². The fourth-order valence-corrected chi connectivity index (χ4v) is 4.59. The number of nitrogens with one attached hydrogen (secondary N) is 1. The van der Waals surface area contributed by atoms with Crippen molar-refractivity contribution in [2.75, 3.05) is 25.5 Å². The van der Waals surface area contributed by atoms with Crippen LogP contribution >= 0.6 is 11.6 Å². The van der Waals surface area contributed by atoms with Crippen molar-refractivity contribution in [1.82, 2.24) is 19.8 Å². The molecule has 1 fully saturated rings. The molecule has 1 aromatic heterocycles. The van der Waals surface area contributed by atoms with E-state index < -0.39 is 0 Å². The van der Waals surface area contributed by atoms with Crippen molar-refractivity contribution >= 4 is 23.3 Å². The Bertz CT molecular complexity index is 903. The van der Waals surface area contributed by atoms with Gasteiger partial charge in [-0.2, -0.15) is 0 Å². The second kappa shape index (κ2) is 8.67. The standard InChI is InChI=1S/C22H28ClN5O/c1-15(29)27-12-10-17-19(14-27)25-22(26-21(17)24-2)20-9-5-6-11-28(20)13-16-7-3-4-8-18(16)23/h3-4,7-8,20H,5-6,9-14H2,1-2H3,(H,24,25,26). The van der Waals surface area contributed by atoms with Gasteiger partial charge in [0.1, 0.15) is 11.6 Å². The van der Waals surface area contributed by atoms with Crippen LogP contribution in [0.4, 0.5) is 5.82 Å². The highest BCUT2D eigenvalue weighted by molar-refractivity contribution is 6.31. The highest BCUT2D eigenvalue weighted by Crippen LogP contribution is 2.34. The summed E-state index contributed by atoms with van der Waals surface area (Å²) >= 11 is 6.42. The molecule has 0 bridgehead atoms. The van der Waals surface area contributed by atoms with Gasteiger partial charge in [-0.1, -0.05) is 36.2 Å². The number of anilines is 1. The molecule has 7 heteroatoms. The second-order valence-electron chi connectivity index (χ2n) is 7.87. The Hall–Kier alpha value is -2.18. The van der Waals surface area contributed by atoms with Gasteiger partial charge in [0.2, 0.25) is 5.91 Å². The molecule has 0 spiro atoms. The smallest absolute Gasteiger partial charge is 0.219 e. The molecule has 0 radical (unpaired) electrons. The molecule has 1 unspecified atom stereocenters. The number of likely N-dealkylation sites (tertiary alicyclic amines) is 1. The predicted molar refractivity (Wildman–Crippen MR) is 115 cm³/mol. The van der Waals surface area contributed by atoms with Crippen LogP contribution in [0.1, 0.15) is 54.9 Å². The minimum Gasteiger partial charge on any atom is -0.373 e. The second-order valence-corrected chi connectivity index (χ2v) is 8.28. The summed E-state index contributed by atoms with van der Waals surface area (Å²) in [6.45, 7) is 4.70. The van der Waals surface area contributed by atoms with Crippen molar-refractivity contribution < 1.29 is 4.79 Å². The normalized spacial score (nSPS) is 19.7. The number of hydrogen-bond acceptors (Lipinski definition) is 5. The van der Waals surface area contributed by atoms with E-state index in [-0.39, 0.29) is 11.9 Å². The van der Waals surface area contributed by atoms with Crippen LogP contribution in [0.3, 0.4) is 0 Å². The van der Waals surface area contributed by atoms with Crippen LogP contribution in [0.5, 0.6) is 0 Å². The molecule has 29 heavy (non-hydrogen) atoms. The Morgan fingerprint density at radius 2 is 2.07 bits per heavy atom. The number of piperidine rings is 1. The Kier molecular flexibility index (Phi) is 6.01. The molecule has 0 saturated carbocycles. The maximum atomic E-state index is 11.9. The van der Waals surface area contributed by atoms with E-state index in [2.05, 4.69) is 16.3 Å². The summed E-state index contributed by atoms with van der Waals surface area (Å²) in [6.07, 6.45) is 4.16. The fraction of sp³-hybridized carbons (Fsp3) is 0.500. The number of hydrogen-bond donors (Lipinski definition) is 1. The average Bonchev–Trinajstić information content (AvgIpc) is 2.74. The van der Waals surface area contributed by atoms with E-state index >= 15 is 0 Å². The number of rotatable bonds is 4. The number of carbonyl (C=O) groups is 1. The minimum atomic E-state index is 0.0971. The van der Waals surface area contributed by atoms with Gasteiger partial charge >= 0.3 is 0 Å². The maximum absolute atomic E-state index is 11.9. The largest absolute Gasteiger partial charge is 0.373 e. The molecule has 154 valence electrons. The van der Waals surface area contributed by atoms with Crippen LogP contribution in [0.2, 0.25) is 5.02 Å². The lowest BCUT2D eigenvalue weighted by Crippen LogP contribution is -2.37. The molecule has 6 nitrogen and oxygen atoms in total. The third-order valence-corrected chi connectivity index (χ3v) is 6.38. The van der Waals surface area contributed by atoms with Crippen molar-refractivity contribution in [3.63, 3.8) is 0 Å². The van der Waals surface area contributed by atoms with Crippen molar-refractivity contribution in [3.8, 4) is 0 Å². The van der Waals surface area contributed by atoms with Crippen LogP contribution in [-0.2, 0) is 24.3 Å². The van der Waals surface area contributed by atoms with E-state index in [9.17, 15) is 4.79 Å². The van der Waals surface area contributed by atoms with Gasteiger partial charge in [-0.3, -0.25) is 9.69 Å². The van der Waals surface area contributed by atoms with E-state index in [0.717, 1.165) is 66.0 Å². The van der Waals surface area contributed by atoms with Crippen LogP contribution in [-0.4, -0.2) is 45.8 Å². The van der Waals surface area contributed by atoms with Crippen molar-refractivity contribution in [2.24, 2.45) is 0 Å². The fourth-order valence-electron chi connectivity index (χ4n) is 4.39. The van der Waals surface area contributed by atoms with E-state index in [1.54, 1.807) is 6.92 Å². The lowest BCUT2D eigenvalue weighted by Gasteiger charge is -2.36. The van der Waals surface area contributed by atoms with Crippen molar-refractivity contribution in [2.45, 2.75) is 51.7 Å². The summed E-state index contributed by atoms with van der Waals surface area (Å²) in [5.74, 6) is 1.85. The van der Waals surface area contributed by atoms with Gasteiger partial charge in [0.05, 0.1) is 18.3 Å². The molecule has 1 saturated heterocycles. The highest BCUT2D eigenvalue weighted by Gasteiger charge is 2.30. The highest BCUT2D eigenvalue weighted by atomic mass is 35.5. The van der Waals surface area contributed by atoms with Crippen LogP contribution in [0.15, 0.2) is 24.3 Å². The monoisotopic (exact) mass is 413 g/mol. The topological polar surface area (TPSA) is 61.4 Å². The third kappa shape index (κ3) is 4.23. The molecule has 1 amide bonds. The van der Waals surface area contributed by atoms with E-state index in [1.807, 2.05) is 30.1 Å². The molecule has 0 aliphatic carbocycles. The molecule has 2 aliphatic heterocycles. The lowest BCUT2D eigenvalue weighted by atomic mass is 9.99. The molecular weight excluding hydrogens is 386 g/mol. The first-order valence-corrected chi connectivity index (χ1v) is 10.7. The summed E-state index contributed by atoms with van der Waals surface area (Å²) in [7, 11) is 1.91. The van der Waals surface area contributed by atoms with Crippen molar-refractivity contribution in [1.29, 1.82) is 0 Å². The summed E-state index contributed by atoms with van der Waals surface area (Å²) in [6, 6.07) is 8.19. The van der Waals surface area contributed by atoms with Gasteiger partial charge in [0, 0.05) is 37.6 Å². The first-order chi connectivity index (χ1) is 14.1. The first-order valence-electron chi connectivity index (χ1n) is 10.4. The molecule has 1 aromatic carbocycles. The Morgan fingerprint density at radius 3 is 2.83 bits per heavy atom. The summed E-state index contributed by atoms with van der Waals surface area (Å²) in [5.41, 5.74) is 3.25. The van der Waals surface area contributed by atoms with Gasteiger partial charge in [-0.15, -0.1) is 0 Å².